The van der Waals surface area contributed by atoms with Crippen LogP contribution in [-0.4, -0.2) is 60.4 Å². The van der Waals surface area contributed by atoms with E-state index >= 15 is 0 Å². The van der Waals surface area contributed by atoms with Gasteiger partial charge < -0.3 is 15.0 Å². The molecule has 1 aromatic rings. The quantitative estimate of drug-likeness (QED) is 0.618. The van der Waals surface area contributed by atoms with Crippen LogP contribution in [0.25, 0.3) is 0 Å². The van der Waals surface area contributed by atoms with Crippen LogP contribution in [-0.2, 0) is 24.7 Å². The van der Waals surface area contributed by atoms with E-state index in [1.54, 1.807) is 24.0 Å². The molecule has 0 aromatic heterocycles. The summed E-state index contributed by atoms with van der Waals surface area (Å²) in [4.78, 5) is 52.1. The summed E-state index contributed by atoms with van der Waals surface area (Å²) in [5, 5.41) is 2.71. The van der Waals surface area contributed by atoms with Crippen LogP contribution in [0.3, 0.4) is 0 Å². The van der Waals surface area contributed by atoms with Crippen molar-refractivity contribution in [2.75, 3.05) is 26.7 Å². The van der Waals surface area contributed by atoms with Crippen LogP contribution in [0.1, 0.15) is 30.9 Å². The van der Waals surface area contributed by atoms with Crippen LogP contribution >= 0.6 is 0 Å². The summed E-state index contributed by atoms with van der Waals surface area (Å²) < 4.78 is 4.75. The van der Waals surface area contributed by atoms with Gasteiger partial charge >= 0.3 is 12.0 Å². The number of likely N-dealkylation sites (tertiary alicyclic amines) is 1. The number of amides is 4. The molecule has 0 spiro atoms. The molecule has 28 heavy (non-hydrogen) atoms. The van der Waals surface area contributed by atoms with Gasteiger partial charge in [-0.15, -0.1) is 0 Å². The van der Waals surface area contributed by atoms with Crippen molar-refractivity contribution in [3.8, 4) is 0 Å². The first kappa shape index (κ1) is 19.9. The van der Waals surface area contributed by atoms with Gasteiger partial charge in [-0.25, -0.2) is 4.79 Å². The fourth-order valence-corrected chi connectivity index (χ4v) is 3.69. The Bertz CT molecular complexity index is 799. The lowest BCUT2D eigenvalue weighted by atomic mass is 9.91. The third-order valence-corrected chi connectivity index (χ3v) is 5.58. The maximum atomic E-state index is 12.9. The molecule has 4 amide bonds. The summed E-state index contributed by atoms with van der Waals surface area (Å²) >= 11 is 0. The summed E-state index contributed by atoms with van der Waals surface area (Å²) in [6.07, 6.45) is 1.03. The fraction of sp³-hybridized carbons (Fsp3) is 0.500. The number of urea groups is 1. The average Bonchev–Trinajstić information content (AvgIpc) is 2.91. The Kier molecular flexibility index (Phi) is 5.40. The van der Waals surface area contributed by atoms with Gasteiger partial charge in [-0.05, 0) is 32.3 Å². The number of nitrogens with zero attached hydrogens (tertiary/aromatic N) is 2. The number of rotatable bonds is 4. The van der Waals surface area contributed by atoms with Crippen molar-refractivity contribution in [2.45, 2.75) is 32.2 Å². The summed E-state index contributed by atoms with van der Waals surface area (Å²) in [6, 6.07) is 6.77. The molecular formula is C20H25N3O5. The van der Waals surface area contributed by atoms with Gasteiger partial charge in [-0.2, -0.15) is 0 Å². The Morgan fingerprint density at radius 3 is 2.36 bits per heavy atom. The van der Waals surface area contributed by atoms with Crippen LogP contribution in [0.15, 0.2) is 24.3 Å². The molecule has 1 aromatic carbocycles. The first-order valence-electron chi connectivity index (χ1n) is 9.33. The van der Waals surface area contributed by atoms with Crippen LogP contribution in [0.4, 0.5) is 4.79 Å². The first-order valence-corrected chi connectivity index (χ1v) is 9.33. The molecule has 0 unspecified atom stereocenters. The van der Waals surface area contributed by atoms with Crippen LogP contribution in [0, 0.1) is 12.8 Å². The van der Waals surface area contributed by atoms with E-state index in [0.29, 0.717) is 31.5 Å². The maximum absolute atomic E-state index is 12.9. The third kappa shape index (κ3) is 3.58. The van der Waals surface area contributed by atoms with Gasteiger partial charge in [0.05, 0.1) is 13.0 Å². The van der Waals surface area contributed by atoms with Crippen molar-refractivity contribution in [3.05, 3.63) is 35.4 Å². The Hall–Kier alpha value is -2.90. The van der Waals surface area contributed by atoms with Crippen molar-refractivity contribution in [1.29, 1.82) is 0 Å². The lowest BCUT2D eigenvalue weighted by Crippen LogP contribution is -2.47. The van der Waals surface area contributed by atoms with Crippen molar-refractivity contribution >= 4 is 23.8 Å². The SMILES string of the molecule is COC(=O)C1CCN(C(=O)CN2C(=O)N[C@](C)(c3ccc(C)cc3)C2=O)CC1. The molecule has 150 valence electrons. The van der Waals surface area contributed by atoms with E-state index in [0.717, 1.165) is 10.5 Å². The number of ether oxygens (including phenoxy) is 1. The smallest absolute Gasteiger partial charge is 0.325 e. The second kappa shape index (κ2) is 7.61. The second-order valence-corrected chi connectivity index (χ2v) is 7.49. The number of esters is 1. The van der Waals surface area contributed by atoms with Gasteiger partial charge in [0.2, 0.25) is 5.91 Å². The highest BCUT2D eigenvalue weighted by atomic mass is 16.5. The minimum Gasteiger partial charge on any atom is -0.469 e. The molecular weight excluding hydrogens is 362 g/mol. The zero-order valence-electron chi connectivity index (χ0n) is 16.4. The van der Waals surface area contributed by atoms with Crippen molar-refractivity contribution in [3.63, 3.8) is 0 Å². The minimum atomic E-state index is -1.19. The van der Waals surface area contributed by atoms with Crippen LogP contribution in [0.5, 0.6) is 0 Å². The molecule has 8 nitrogen and oxygen atoms in total. The van der Waals surface area contributed by atoms with Gasteiger partial charge in [0, 0.05) is 13.1 Å². The van der Waals surface area contributed by atoms with E-state index in [-0.39, 0.29) is 24.3 Å². The van der Waals surface area contributed by atoms with E-state index in [9.17, 15) is 19.2 Å². The van der Waals surface area contributed by atoms with E-state index in [1.807, 2.05) is 19.1 Å². The van der Waals surface area contributed by atoms with Crippen molar-refractivity contribution < 1.29 is 23.9 Å². The topological polar surface area (TPSA) is 96.0 Å². The minimum absolute atomic E-state index is 0.212. The Labute approximate surface area is 163 Å². The molecule has 0 aliphatic carbocycles. The standard InChI is InChI=1S/C20H25N3O5/c1-13-4-6-15(7-5-13)20(2)18(26)23(19(27)21-20)12-16(24)22-10-8-14(9-11-22)17(25)28-3/h4-7,14H,8-12H2,1-3H3,(H,21,27)/t20-/m1/s1. The molecule has 8 heteroatoms. The zero-order valence-corrected chi connectivity index (χ0v) is 16.4. The van der Waals surface area contributed by atoms with Crippen molar-refractivity contribution in [1.82, 2.24) is 15.1 Å². The predicted octanol–water partition coefficient (Wildman–Crippen LogP) is 1.17. The molecule has 2 saturated heterocycles. The number of piperidine rings is 1. The third-order valence-electron chi connectivity index (χ3n) is 5.58. The molecule has 0 saturated carbocycles. The maximum Gasteiger partial charge on any atom is 0.325 e. The van der Waals surface area contributed by atoms with Gasteiger partial charge in [0.1, 0.15) is 12.1 Å². The molecule has 2 aliphatic rings. The molecule has 2 fully saturated rings. The number of nitrogens with one attached hydrogen (secondary N) is 1. The normalized spacial score (nSPS) is 23.0. The van der Waals surface area contributed by atoms with Crippen molar-refractivity contribution in [2.24, 2.45) is 5.92 Å². The number of methoxy groups -OCH3 is 1. The van der Waals surface area contributed by atoms with Gasteiger partial charge in [0.25, 0.3) is 5.91 Å². The summed E-state index contributed by atoms with van der Waals surface area (Å²) in [5.74, 6) is -1.23. The number of hydrogen-bond donors (Lipinski definition) is 1. The Morgan fingerprint density at radius 1 is 1.18 bits per heavy atom. The molecule has 1 atom stereocenters. The number of imide groups is 1. The number of benzene rings is 1. The Morgan fingerprint density at radius 2 is 1.79 bits per heavy atom. The summed E-state index contributed by atoms with van der Waals surface area (Å²) in [6.45, 7) is 4.07. The van der Waals surface area contributed by atoms with E-state index in [4.69, 9.17) is 4.74 Å². The van der Waals surface area contributed by atoms with E-state index in [2.05, 4.69) is 5.32 Å². The van der Waals surface area contributed by atoms with Gasteiger partial charge in [-0.1, -0.05) is 29.8 Å². The lowest BCUT2D eigenvalue weighted by molar-refractivity contribution is -0.149. The molecule has 2 aliphatic heterocycles. The van der Waals surface area contributed by atoms with Gasteiger partial charge in [0.15, 0.2) is 0 Å². The lowest BCUT2D eigenvalue weighted by Gasteiger charge is -2.31. The zero-order chi connectivity index (χ0) is 20.5. The highest BCUT2D eigenvalue weighted by Gasteiger charge is 2.49. The number of hydrogen-bond acceptors (Lipinski definition) is 5. The molecule has 0 radical (unpaired) electrons. The van der Waals surface area contributed by atoms with E-state index < -0.39 is 17.5 Å². The fourth-order valence-electron chi connectivity index (χ4n) is 3.69. The molecule has 3 rings (SSSR count). The Balaban J connectivity index is 1.65. The predicted molar refractivity (Wildman–Crippen MR) is 100 cm³/mol. The average molecular weight is 387 g/mol. The second-order valence-electron chi connectivity index (χ2n) is 7.49. The highest BCUT2D eigenvalue weighted by molar-refractivity contribution is 6.09. The first-order chi connectivity index (χ1) is 13.3. The molecule has 0 bridgehead atoms. The number of carbonyl (C=O) groups excluding carboxylic acids is 4. The van der Waals surface area contributed by atoms with Crippen LogP contribution < -0.4 is 5.32 Å². The van der Waals surface area contributed by atoms with E-state index in [1.165, 1.54) is 7.11 Å². The highest BCUT2D eigenvalue weighted by Crippen LogP contribution is 2.29. The number of carbonyl (C=O) groups is 4. The summed E-state index contributed by atoms with van der Waals surface area (Å²) in [5.41, 5.74) is 0.528. The molecule has 2 heterocycles. The molecule has 1 N–H and O–H groups in total. The largest absolute Gasteiger partial charge is 0.469 e. The van der Waals surface area contributed by atoms with Gasteiger partial charge in [-0.3, -0.25) is 19.3 Å². The summed E-state index contributed by atoms with van der Waals surface area (Å²) in [7, 11) is 1.35. The van der Waals surface area contributed by atoms with Crippen LogP contribution in [0.2, 0.25) is 0 Å². The monoisotopic (exact) mass is 387 g/mol. The number of aryl methyl sites for hydroxylation is 1.